The third-order valence-corrected chi connectivity index (χ3v) is 5.17. The molecule has 25 heavy (non-hydrogen) atoms. The maximum Gasteiger partial charge on any atom is 0.170 e. The number of nitrogens with one attached hydrogen (secondary N) is 2. The highest BCUT2D eigenvalue weighted by Crippen LogP contribution is 2.32. The Bertz CT molecular complexity index is 582. The van der Waals surface area contributed by atoms with Crippen LogP contribution in [-0.4, -0.2) is 48.9 Å². The van der Waals surface area contributed by atoms with Gasteiger partial charge in [0, 0.05) is 30.9 Å². The number of ether oxygens (including phenoxy) is 2. The van der Waals surface area contributed by atoms with Gasteiger partial charge in [-0.2, -0.15) is 0 Å². The zero-order valence-electron chi connectivity index (χ0n) is 15.1. The molecule has 1 aromatic rings. The summed E-state index contributed by atoms with van der Waals surface area (Å²) in [5, 5.41) is 7.18. The van der Waals surface area contributed by atoms with Gasteiger partial charge in [0.15, 0.2) is 16.6 Å². The van der Waals surface area contributed by atoms with E-state index in [9.17, 15) is 0 Å². The van der Waals surface area contributed by atoms with Crippen LogP contribution in [-0.2, 0) is 0 Å². The number of rotatable bonds is 6. The Balaban J connectivity index is 1.38. The van der Waals surface area contributed by atoms with E-state index in [1.807, 2.05) is 18.2 Å². The Labute approximate surface area is 156 Å². The summed E-state index contributed by atoms with van der Waals surface area (Å²) >= 11 is 5.40. The summed E-state index contributed by atoms with van der Waals surface area (Å²) in [4.78, 5) is 2.64. The summed E-state index contributed by atoms with van der Waals surface area (Å²) in [6, 6.07) is 6.58. The zero-order chi connectivity index (χ0) is 17.5. The van der Waals surface area contributed by atoms with Crippen molar-refractivity contribution in [3.8, 4) is 11.5 Å². The van der Waals surface area contributed by atoms with Crippen molar-refractivity contribution in [2.24, 2.45) is 0 Å². The highest BCUT2D eigenvalue weighted by Gasteiger charge is 2.19. The van der Waals surface area contributed by atoms with E-state index in [-0.39, 0.29) is 0 Å². The minimum Gasteiger partial charge on any atom is -0.486 e. The van der Waals surface area contributed by atoms with E-state index < -0.39 is 0 Å². The number of likely N-dealkylation sites (tertiary alicyclic amines) is 1. The van der Waals surface area contributed by atoms with E-state index in [2.05, 4.69) is 22.5 Å². The molecule has 5 nitrogen and oxygen atoms in total. The van der Waals surface area contributed by atoms with Gasteiger partial charge in [0.2, 0.25) is 0 Å². The fourth-order valence-corrected chi connectivity index (χ4v) is 3.82. The van der Waals surface area contributed by atoms with Crippen LogP contribution in [0, 0.1) is 0 Å². The molecule has 2 aliphatic heterocycles. The average Bonchev–Trinajstić information content (AvgIpc) is 2.65. The van der Waals surface area contributed by atoms with Gasteiger partial charge in [-0.1, -0.05) is 13.3 Å². The van der Waals surface area contributed by atoms with Crippen LogP contribution in [0.25, 0.3) is 0 Å². The Morgan fingerprint density at radius 1 is 1.24 bits per heavy atom. The quantitative estimate of drug-likeness (QED) is 0.597. The first-order valence-electron chi connectivity index (χ1n) is 9.45. The zero-order valence-corrected chi connectivity index (χ0v) is 15.9. The van der Waals surface area contributed by atoms with Crippen molar-refractivity contribution in [2.45, 2.75) is 45.1 Å². The Morgan fingerprint density at radius 3 is 2.92 bits per heavy atom. The molecule has 2 heterocycles. The summed E-state index contributed by atoms with van der Waals surface area (Å²) in [5.74, 6) is 1.57. The molecule has 138 valence electrons. The molecule has 6 heteroatoms. The third-order valence-electron chi connectivity index (χ3n) is 4.93. The highest BCUT2D eigenvalue weighted by atomic mass is 32.1. The predicted octanol–water partition coefficient (Wildman–Crippen LogP) is 3.40. The van der Waals surface area contributed by atoms with Crippen molar-refractivity contribution in [1.82, 2.24) is 10.2 Å². The van der Waals surface area contributed by atoms with Crippen LogP contribution in [0.5, 0.6) is 11.5 Å². The van der Waals surface area contributed by atoms with Gasteiger partial charge < -0.3 is 25.0 Å². The largest absolute Gasteiger partial charge is 0.486 e. The summed E-state index contributed by atoms with van der Waals surface area (Å²) in [5.41, 5.74) is 0.920. The number of nitrogens with zero attached hydrogens (tertiary/aromatic N) is 1. The van der Waals surface area contributed by atoms with E-state index in [0.29, 0.717) is 18.3 Å². The van der Waals surface area contributed by atoms with Crippen molar-refractivity contribution >= 4 is 23.0 Å². The van der Waals surface area contributed by atoms with Crippen molar-refractivity contribution in [1.29, 1.82) is 0 Å². The van der Waals surface area contributed by atoms with E-state index in [1.165, 1.54) is 32.2 Å². The molecule has 0 aromatic heterocycles. The number of hydrogen-bond donors (Lipinski definition) is 2. The van der Waals surface area contributed by atoms with Crippen molar-refractivity contribution in [3.63, 3.8) is 0 Å². The van der Waals surface area contributed by atoms with Gasteiger partial charge in [-0.25, -0.2) is 0 Å². The second-order valence-electron chi connectivity index (χ2n) is 6.69. The van der Waals surface area contributed by atoms with Gasteiger partial charge in [-0.05, 0) is 56.6 Å². The first-order valence-corrected chi connectivity index (χ1v) is 9.85. The van der Waals surface area contributed by atoms with E-state index in [0.717, 1.165) is 42.7 Å². The van der Waals surface area contributed by atoms with Crippen molar-refractivity contribution < 1.29 is 9.47 Å². The summed E-state index contributed by atoms with van der Waals surface area (Å²) in [7, 11) is 0. The molecule has 3 rings (SSSR count). The summed E-state index contributed by atoms with van der Waals surface area (Å²) < 4.78 is 11.1. The highest BCUT2D eigenvalue weighted by molar-refractivity contribution is 7.80. The normalized spacial score (nSPS) is 20.1. The molecule has 0 unspecified atom stereocenters. The van der Waals surface area contributed by atoms with Crippen LogP contribution >= 0.6 is 12.2 Å². The van der Waals surface area contributed by atoms with Crippen LogP contribution < -0.4 is 20.1 Å². The molecule has 1 aromatic carbocycles. The number of thiocarbonyl (C=S) groups is 1. The molecule has 0 bridgehead atoms. The molecule has 2 N–H and O–H groups in total. The van der Waals surface area contributed by atoms with Crippen LogP contribution in [0.4, 0.5) is 5.69 Å². The second kappa shape index (κ2) is 9.25. The van der Waals surface area contributed by atoms with E-state index in [1.54, 1.807) is 0 Å². The van der Waals surface area contributed by atoms with Gasteiger partial charge in [-0.3, -0.25) is 0 Å². The van der Waals surface area contributed by atoms with Crippen molar-refractivity contribution in [3.05, 3.63) is 18.2 Å². The molecule has 0 amide bonds. The van der Waals surface area contributed by atoms with Gasteiger partial charge in [0.25, 0.3) is 0 Å². The van der Waals surface area contributed by atoms with Gasteiger partial charge in [-0.15, -0.1) is 0 Å². The fraction of sp³-hybridized carbons (Fsp3) is 0.632. The average molecular weight is 364 g/mol. The molecular weight excluding hydrogens is 334 g/mol. The monoisotopic (exact) mass is 363 g/mol. The molecule has 1 atom stereocenters. The van der Waals surface area contributed by atoms with Gasteiger partial charge >= 0.3 is 0 Å². The Kier molecular flexibility index (Phi) is 6.76. The molecule has 2 aliphatic rings. The van der Waals surface area contributed by atoms with Crippen LogP contribution in [0.3, 0.4) is 0 Å². The fourth-order valence-electron chi connectivity index (χ4n) is 3.60. The number of fused-ring (bicyclic) bond motifs is 1. The molecule has 0 spiro atoms. The smallest absolute Gasteiger partial charge is 0.170 e. The SMILES string of the molecule is CC[C@H]1CCCCN1CCCNC(=S)Nc1ccc2c(c1)OCCO2. The number of piperidine rings is 1. The maximum absolute atomic E-state index is 5.60. The number of anilines is 1. The molecule has 0 radical (unpaired) electrons. The van der Waals surface area contributed by atoms with Crippen LogP contribution in [0.1, 0.15) is 39.0 Å². The van der Waals surface area contributed by atoms with E-state index in [4.69, 9.17) is 21.7 Å². The molecular formula is C19H29N3O2S. The van der Waals surface area contributed by atoms with Crippen LogP contribution in [0.2, 0.25) is 0 Å². The Hall–Kier alpha value is -1.53. The minimum atomic E-state index is 0.592. The lowest BCUT2D eigenvalue weighted by molar-refractivity contribution is 0.143. The lowest BCUT2D eigenvalue weighted by Gasteiger charge is -2.35. The predicted molar refractivity (Wildman–Crippen MR) is 106 cm³/mol. The lowest BCUT2D eigenvalue weighted by atomic mass is 10.00. The van der Waals surface area contributed by atoms with Gasteiger partial charge in [0.1, 0.15) is 13.2 Å². The van der Waals surface area contributed by atoms with Crippen LogP contribution in [0.15, 0.2) is 18.2 Å². The second-order valence-corrected chi connectivity index (χ2v) is 7.09. The number of hydrogen-bond acceptors (Lipinski definition) is 4. The minimum absolute atomic E-state index is 0.592. The molecule has 1 fully saturated rings. The maximum atomic E-state index is 5.60. The molecule has 1 saturated heterocycles. The summed E-state index contributed by atoms with van der Waals surface area (Å²) in [6.07, 6.45) is 6.45. The first kappa shape index (κ1) is 18.3. The third kappa shape index (κ3) is 5.22. The summed E-state index contributed by atoms with van der Waals surface area (Å²) in [6.45, 7) is 6.79. The first-order chi connectivity index (χ1) is 12.3. The topological polar surface area (TPSA) is 45.8 Å². The van der Waals surface area contributed by atoms with Gasteiger partial charge in [0.05, 0.1) is 0 Å². The number of benzene rings is 1. The molecule has 0 saturated carbocycles. The lowest BCUT2D eigenvalue weighted by Crippen LogP contribution is -2.40. The Morgan fingerprint density at radius 2 is 2.08 bits per heavy atom. The van der Waals surface area contributed by atoms with E-state index >= 15 is 0 Å². The molecule has 0 aliphatic carbocycles. The van der Waals surface area contributed by atoms with Crippen molar-refractivity contribution in [2.75, 3.05) is 38.2 Å². The standard InChI is InChI=1S/C19H29N3O2S/c1-2-16-6-3-4-10-22(16)11-5-9-20-19(25)21-15-7-8-17-18(14-15)24-13-12-23-17/h7-8,14,16H,2-6,9-13H2,1H3,(H2,20,21,25)/t16-/m0/s1.